The Kier molecular flexibility index (Phi) is 9.70. The predicted molar refractivity (Wildman–Crippen MR) is 114 cm³/mol. The van der Waals surface area contributed by atoms with Crippen LogP contribution in [-0.2, 0) is 13.1 Å². The van der Waals surface area contributed by atoms with Gasteiger partial charge in [0.1, 0.15) is 0 Å². The first-order chi connectivity index (χ1) is 12.4. The maximum Gasteiger partial charge on any atom is 0.387 e. The van der Waals surface area contributed by atoms with Crippen molar-refractivity contribution in [1.29, 1.82) is 0 Å². The lowest BCUT2D eigenvalue weighted by atomic mass is 10.2. The van der Waals surface area contributed by atoms with E-state index in [9.17, 15) is 8.78 Å². The fourth-order valence-electron chi connectivity index (χ4n) is 2.33. The van der Waals surface area contributed by atoms with Gasteiger partial charge in [0, 0.05) is 18.5 Å². The summed E-state index contributed by atoms with van der Waals surface area (Å²) < 4.78 is 34.5. The molecule has 0 unspecified atom stereocenters. The molecule has 6 nitrogen and oxygen atoms in total. The SMILES string of the molecule is CN=C(NCc1ccc(OC)c(OC(F)F)c1)NCc1sc(C)nc1C.I. The first-order valence-corrected chi connectivity index (χ1v) is 8.73. The van der Waals surface area contributed by atoms with Crippen LogP contribution in [0.25, 0.3) is 0 Å². The molecule has 0 fully saturated rings. The van der Waals surface area contributed by atoms with E-state index in [1.54, 1.807) is 30.5 Å². The van der Waals surface area contributed by atoms with Crippen molar-refractivity contribution >= 4 is 41.3 Å². The van der Waals surface area contributed by atoms with E-state index in [2.05, 4.69) is 25.3 Å². The van der Waals surface area contributed by atoms with Gasteiger partial charge in [0.15, 0.2) is 17.5 Å². The number of hydrogen-bond donors (Lipinski definition) is 2. The van der Waals surface area contributed by atoms with E-state index >= 15 is 0 Å². The number of ether oxygens (including phenoxy) is 2. The summed E-state index contributed by atoms with van der Waals surface area (Å²) in [6, 6.07) is 4.88. The largest absolute Gasteiger partial charge is 0.493 e. The summed E-state index contributed by atoms with van der Waals surface area (Å²) in [5, 5.41) is 7.37. The van der Waals surface area contributed by atoms with Crippen LogP contribution in [0.4, 0.5) is 8.78 Å². The van der Waals surface area contributed by atoms with Crippen LogP contribution in [0.3, 0.4) is 0 Å². The zero-order valence-corrected chi connectivity index (χ0v) is 18.7. The van der Waals surface area contributed by atoms with Crippen molar-refractivity contribution in [2.45, 2.75) is 33.5 Å². The van der Waals surface area contributed by atoms with Gasteiger partial charge in [-0.3, -0.25) is 4.99 Å². The summed E-state index contributed by atoms with van der Waals surface area (Å²) in [6.45, 7) is 2.03. The third kappa shape index (κ3) is 7.09. The summed E-state index contributed by atoms with van der Waals surface area (Å²) in [6.07, 6.45) is 0. The lowest BCUT2D eigenvalue weighted by Crippen LogP contribution is -2.36. The molecule has 0 spiro atoms. The standard InChI is InChI=1S/C17H22F2N4O2S.HI/c1-10-15(26-11(2)23-10)9-22-17(20-3)21-8-12-5-6-13(24-4)14(7-12)25-16(18)19;/h5-7,16H,8-9H2,1-4H3,(H2,20,21,22);1H. The molecular formula is C17H23F2IN4O2S. The van der Waals surface area contributed by atoms with Crippen LogP contribution in [0.15, 0.2) is 23.2 Å². The number of rotatable bonds is 7. The number of nitrogens with zero attached hydrogens (tertiary/aromatic N) is 2. The van der Waals surface area contributed by atoms with Crippen molar-refractivity contribution in [3.05, 3.63) is 39.3 Å². The van der Waals surface area contributed by atoms with Gasteiger partial charge in [-0.15, -0.1) is 35.3 Å². The first kappa shape index (κ1) is 23.3. The molecule has 2 N–H and O–H groups in total. The number of alkyl halides is 2. The molecule has 1 aromatic heterocycles. The first-order valence-electron chi connectivity index (χ1n) is 7.92. The monoisotopic (exact) mass is 512 g/mol. The van der Waals surface area contributed by atoms with E-state index in [0.29, 0.717) is 19.0 Å². The Morgan fingerprint density at radius 2 is 1.93 bits per heavy atom. The van der Waals surface area contributed by atoms with Crippen LogP contribution in [0.2, 0.25) is 0 Å². The molecular weight excluding hydrogens is 489 g/mol. The Morgan fingerprint density at radius 1 is 1.22 bits per heavy atom. The molecule has 0 saturated carbocycles. The number of benzene rings is 1. The van der Waals surface area contributed by atoms with E-state index in [1.807, 2.05) is 13.8 Å². The second-order valence-electron chi connectivity index (χ2n) is 5.38. The summed E-state index contributed by atoms with van der Waals surface area (Å²) in [5.74, 6) is 0.857. The fraction of sp³-hybridized carbons (Fsp3) is 0.412. The summed E-state index contributed by atoms with van der Waals surface area (Å²) >= 11 is 1.64. The Morgan fingerprint density at radius 3 is 2.48 bits per heavy atom. The lowest BCUT2D eigenvalue weighted by molar-refractivity contribution is -0.0512. The normalized spacial score (nSPS) is 11.1. The van der Waals surface area contributed by atoms with E-state index in [-0.39, 0.29) is 35.5 Å². The number of nitrogens with one attached hydrogen (secondary N) is 2. The second kappa shape index (κ2) is 11.2. The maximum atomic E-state index is 12.5. The number of methoxy groups -OCH3 is 1. The molecule has 27 heavy (non-hydrogen) atoms. The number of aliphatic imine (C=N–C) groups is 1. The third-order valence-electron chi connectivity index (χ3n) is 3.54. The molecule has 0 amide bonds. The van der Waals surface area contributed by atoms with Crippen molar-refractivity contribution in [1.82, 2.24) is 15.6 Å². The Labute approximate surface area is 178 Å². The average Bonchev–Trinajstić information content (AvgIpc) is 2.92. The minimum Gasteiger partial charge on any atom is -0.493 e. The Balaban J connectivity index is 0.00000364. The highest BCUT2D eigenvalue weighted by Crippen LogP contribution is 2.29. The topological polar surface area (TPSA) is 67.8 Å². The highest BCUT2D eigenvalue weighted by atomic mass is 127. The van der Waals surface area contributed by atoms with Gasteiger partial charge in [-0.2, -0.15) is 8.78 Å². The molecule has 1 aromatic carbocycles. The van der Waals surface area contributed by atoms with Crippen molar-refractivity contribution < 1.29 is 18.3 Å². The number of hydrogen-bond acceptors (Lipinski definition) is 5. The minimum atomic E-state index is -2.91. The molecule has 0 radical (unpaired) electrons. The molecule has 1 heterocycles. The number of thiazole rings is 1. The molecule has 150 valence electrons. The van der Waals surface area contributed by atoms with E-state index in [4.69, 9.17) is 4.74 Å². The van der Waals surface area contributed by atoms with E-state index < -0.39 is 6.61 Å². The van der Waals surface area contributed by atoms with Crippen LogP contribution in [0, 0.1) is 13.8 Å². The maximum absolute atomic E-state index is 12.5. The quantitative estimate of drug-likeness (QED) is 0.335. The Hall–Kier alpha value is -1.69. The lowest BCUT2D eigenvalue weighted by Gasteiger charge is -2.14. The van der Waals surface area contributed by atoms with Crippen molar-refractivity contribution in [2.75, 3.05) is 14.2 Å². The van der Waals surface area contributed by atoms with E-state index in [1.165, 1.54) is 13.2 Å². The van der Waals surface area contributed by atoms with Crippen LogP contribution in [0.1, 0.15) is 21.1 Å². The van der Waals surface area contributed by atoms with Gasteiger partial charge in [-0.25, -0.2) is 4.98 Å². The number of aromatic nitrogens is 1. The van der Waals surface area contributed by atoms with E-state index in [0.717, 1.165) is 21.1 Å². The van der Waals surface area contributed by atoms with Gasteiger partial charge in [0.2, 0.25) is 0 Å². The van der Waals surface area contributed by atoms with Gasteiger partial charge in [0.25, 0.3) is 0 Å². The van der Waals surface area contributed by atoms with Crippen LogP contribution >= 0.6 is 35.3 Å². The fourth-order valence-corrected chi connectivity index (χ4v) is 3.20. The molecule has 2 aromatic rings. The second-order valence-corrected chi connectivity index (χ2v) is 6.67. The van der Waals surface area contributed by atoms with Gasteiger partial charge in [-0.1, -0.05) is 6.07 Å². The highest BCUT2D eigenvalue weighted by molar-refractivity contribution is 14.0. The zero-order valence-electron chi connectivity index (χ0n) is 15.5. The zero-order chi connectivity index (χ0) is 19.1. The summed E-state index contributed by atoms with van der Waals surface area (Å²) in [4.78, 5) is 9.69. The molecule has 0 atom stereocenters. The predicted octanol–water partition coefficient (Wildman–Crippen LogP) is 3.85. The number of guanidine groups is 1. The number of halogens is 3. The van der Waals surface area contributed by atoms with Gasteiger partial charge >= 0.3 is 6.61 Å². The van der Waals surface area contributed by atoms with Crippen molar-refractivity contribution in [2.24, 2.45) is 4.99 Å². The molecule has 0 aliphatic rings. The molecule has 0 aliphatic carbocycles. The molecule has 2 rings (SSSR count). The Bertz CT molecular complexity index is 771. The van der Waals surface area contributed by atoms with Crippen molar-refractivity contribution in [3.8, 4) is 11.5 Å². The van der Waals surface area contributed by atoms with Gasteiger partial charge in [0.05, 0.1) is 24.4 Å². The molecule has 0 bridgehead atoms. The highest BCUT2D eigenvalue weighted by Gasteiger charge is 2.12. The van der Waals surface area contributed by atoms with Crippen molar-refractivity contribution in [3.63, 3.8) is 0 Å². The van der Waals surface area contributed by atoms with Gasteiger partial charge < -0.3 is 20.1 Å². The molecule has 0 saturated heterocycles. The number of aryl methyl sites for hydroxylation is 2. The van der Waals surface area contributed by atoms with Crippen LogP contribution in [0.5, 0.6) is 11.5 Å². The van der Waals surface area contributed by atoms with Crippen LogP contribution in [-0.4, -0.2) is 31.7 Å². The summed E-state index contributed by atoms with van der Waals surface area (Å²) in [5.41, 5.74) is 1.76. The van der Waals surface area contributed by atoms with Gasteiger partial charge in [-0.05, 0) is 31.5 Å². The third-order valence-corrected chi connectivity index (χ3v) is 4.62. The summed E-state index contributed by atoms with van der Waals surface area (Å²) in [7, 11) is 3.07. The minimum absolute atomic E-state index is 0. The average molecular weight is 512 g/mol. The van der Waals surface area contributed by atoms with Crippen LogP contribution < -0.4 is 20.1 Å². The molecule has 10 heteroatoms. The molecule has 0 aliphatic heterocycles. The smallest absolute Gasteiger partial charge is 0.387 e.